The highest BCUT2D eigenvalue weighted by molar-refractivity contribution is 5.19. The first-order valence-corrected chi connectivity index (χ1v) is 5.88. The van der Waals surface area contributed by atoms with Gasteiger partial charge in [-0.2, -0.15) is 0 Å². The number of rotatable bonds is 0. The van der Waals surface area contributed by atoms with Crippen LogP contribution in [0.15, 0.2) is 48.1 Å². The predicted octanol–water partition coefficient (Wildman–Crippen LogP) is 4.67. The second-order valence-electron chi connectivity index (χ2n) is 4.42. The lowest BCUT2D eigenvalue weighted by Gasteiger charge is -2.13. The van der Waals surface area contributed by atoms with Crippen LogP contribution in [0, 0.1) is 11.8 Å². The highest BCUT2D eigenvalue weighted by Gasteiger charge is 2.05. The lowest BCUT2D eigenvalue weighted by molar-refractivity contribution is 0.552. The minimum Gasteiger partial charge on any atom is -0.0840 e. The van der Waals surface area contributed by atoms with E-state index in [2.05, 4.69) is 63.3 Å². The quantitative estimate of drug-likeness (QED) is 0.535. The van der Waals surface area contributed by atoms with Gasteiger partial charge in [0.05, 0.1) is 0 Å². The summed E-state index contributed by atoms with van der Waals surface area (Å²) in [5.74, 6) is 1.47. The molecule has 0 bridgehead atoms. The molecule has 0 saturated heterocycles. The molecule has 0 aromatic heterocycles. The summed E-state index contributed by atoms with van der Waals surface area (Å²) in [5, 5.41) is 0. The molecule has 0 aliphatic heterocycles. The summed E-state index contributed by atoms with van der Waals surface area (Å²) in [6, 6.07) is 0. The minimum atomic E-state index is 0.736. The summed E-state index contributed by atoms with van der Waals surface area (Å²) >= 11 is 0. The van der Waals surface area contributed by atoms with Crippen LogP contribution in [-0.4, -0.2) is 0 Å². The van der Waals surface area contributed by atoms with Crippen molar-refractivity contribution in [3.63, 3.8) is 0 Å². The van der Waals surface area contributed by atoms with Crippen molar-refractivity contribution in [2.75, 3.05) is 0 Å². The van der Waals surface area contributed by atoms with Crippen LogP contribution in [0.5, 0.6) is 0 Å². The molecule has 15 heavy (non-hydrogen) atoms. The summed E-state index contributed by atoms with van der Waals surface area (Å²) in [7, 11) is 0. The van der Waals surface area contributed by atoms with E-state index in [1.165, 1.54) is 18.4 Å². The third-order valence-electron chi connectivity index (χ3n) is 2.95. The van der Waals surface area contributed by atoms with Crippen LogP contribution in [0.4, 0.5) is 0 Å². The Labute approximate surface area is 94.1 Å². The van der Waals surface area contributed by atoms with Crippen LogP contribution >= 0.6 is 0 Å². The predicted molar refractivity (Wildman–Crippen MR) is 68.7 cm³/mol. The second-order valence-corrected chi connectivity index (χ2v) is 4.42. The fourth-order valence-electron chi connectivity index (χ4n) is 1.57. The van der Waals surface area contributed by atoms with Crippen molar-refractivity contribution >= 4 is 0 Å². The Bertz CT molecular complexity index is 273. The summed E-state index contributed by atoms with van der Waals surface area (Å²) in [6.45, 7) is 6.62. The highest BCUT2D eigenvalue weighted by Crippen LogP contribution is 2.16. The summed E-state index contributed by atoms with van der Waals surface area (Å²) in [4.78, 5) is 0. The van der Waals surface area contributed by atoms with Crippen molar-refractivity contribution in [2.45, 2.75) is 33.6 Å². The molecule has 0 nitrogen and oxygen atoms in total. The molecule has 0 N–H and O–H groups in total. The number of hydrogen-bond acceptors (Lipinski definition) is 0. The van der Waals surface area contributed by atoms with E-state index >= 15 is 0 Å². The molecule has 0 aromatic rings. The molecule has 2 rings (SSSR count). The third kappa shape index (κ3) is 4.83. The van der Waals surface area contributed by atoms with Crippen LogP contribution in [0.2, 0.25) is 0 Å². The zero-order valence-corrected chi connectivity index (χ0v) is 10.1. The van der Waals surface area contributed by atoms with E-state index in [1.807, 2.05) is 0 Å². The van der Waals surface area contributed by atoms with Gasteiger partial charge in [0.15, 0.2) is 0 Å². The number of allylic oxidation sites excluding steroid dienone is 8. The molecule has 0 aromatic carbocycles. The van der Waals surface area contributed by atoms with Gasteiger partial charge in [0.2, 0.25) is 0 Å². The van der Waals surface area contributed by atoms with Crippen LogP contribution in [0.25, 0.3) is 0 Å². The molecule has 0 heteroatoms. The first-order chi connectivity index (χ1) is 7.20. The van der Waals surface area contributed by atoms with Crippen molar-refractivity contribution < 1.29 is 0 Å². The molecule has 0 amide bonds. The van der Waals surface area contributed by atoms with Crippen molar-refractivity contribution in [1.29, 1.82) is 0 Å². The van der Waals surface area contributed by atoms with Gasteiger partial charge in [0.25, 0.3) is 0 Å². The molecule has 0 fully saturated rings. The third-order valence-corrected chi connectivity index (χ3v) is 2.95. The van der Waals surface area contributed by atoms with Gasteiger partial charge in [-0.15, -0.1) is 0 Å². The van der Waals surface area contributed by atoms with Gasteiger partial charge in [0, 0.05) is 0 Å². The standard InChI is InChI=1S/C8H12.C7H10/c1-7-5-3-4-6-8(7)2;1-7-5-3-2-4-6-7/h3-8H,1-2H3;3,5-6H,2,4H2,1H3. The van der Waals surface area contributed by atoms with E-state index in [4.69, 9.17) is 0 Å². The second kappa shape index (κ2) is 6.44. The largest absolute Gasteiger partial charge is 0.0840 e. The van der Waals surface area contributed by atoms with E-state index in [0.29, 0.717) is 0 Å². The van der Waals surface area contributed by atoms with E-state index in [-0.39, 0.29) is 0 Å². The molecule has 2 aliphatic carbocycles. The van der Waals surface area contributed by atoms with Crippen molar-refractivity contribution in [3.8, 4) is 0 Å². The first-order valence-electron chi connectivity index (χ1n) is 5.88. The Kier molecular flexibility index (Phi) is 5.17. The Balaban J connectivity index is 0.000000151. The van der Waals surface area contributed by atoms with Gasteiger partial charge in [-0.1, -0.05) is 62.0 Å². The SMILES string of the molecule is CC1=CCCC=C1.CC1C=CC=CC1C. The maximum atomic E-state index is 2.26. The average molecular weight is 202 g/mol. The van der Waals surface area contributed by atoms with E-state index < -0.39 is 0 Å². The maximum absolute atomic E-state index is 2.26. The topological polar surface area (TPSA) is 0 Å². The van der Waals surface area contributed by atoms with Crippen molar-refractivity contribution in [3.05, 3.63) is 48.1 Å². The maximum Gasteiger partial charge on any atom is -0.0198 e. The van der Waals surface area contributed by atoms with Gasteiger partial charge in [-0.3, -0.25) is 0 Å². The molecule has 2 unspecified atom stereocenters. The average Bonchev–Trinajstić information content (AvgIpc) is 2.25. The number of hydrogen-bond donors (Lipinski definition) is 0. The fourth-order valence-corrected chi connectivity index (χ4v) is 1.57. The summed E-state index contributed by atoms with van der Waals surface area (Å²) in [5.41, 5.74) is 1.41. The summed E-state index contributed by atoms with van der Waals surface area (Å²) < 4.78 is 0. The normalized spacial score (nSPS) is 28.1. The zero-order valence-electron chi connectivity index (χ0n) is 10.1. The molecule has 0 radical (unpaired) electrons. The minimum absolute atomic E-state index is 0.736. The molecule has 0 saturated carbocycles. The van der Waals surface area contributed by atoms with E-state index in [9.17, 15) is 0 Å². The van der Waals surface area contributed by atoms with E-state index in [1.54, 1.807) is 0 Å². The van der Waals surface area contributed by atoms with Gasteiger partial charge in [-0.25, -0.2) is 0 Å². The van der Waals surface area contributed by atoms with E-state index in [0.717, 1.165) is 11.8 Å². The molecule has 0 spiro atoms. The monoisotopic (exact) mass is 202 g/mol. The lowest BCUT2D eigenvalue weighted by atomic mass is 9.92. The van der Waals surface area contributed by atoms with Gasteiger partial charge in [-0.05, 0) is 31.6 Å². The van der Waals surface area contributed by atoms with Gasteiger partial charge >= 0.3 is 0 Å². The Morgan fingerprint density at radius 2 is 1.60 bits per heavy atom. The van der Waals surface area contributed by atoms with Gasteiger partial charge in [0.1, 0.15) is 0 Å². The van der Waals surface area contributed by atoms with Crippen molar-refractivity contribution in [1.82, 2.24) is 0 Å². The molecule has 82 valence electrons. The lowest BCUT2D eigenvalue weighted by Crippen LogP contribution is -2.03. The zero-order chi connectivity index (χ0) is 11.1. The first kappa shape index (κ1) is 12.0. The Morgan fingerprint density at radius 1 is 1.00 bits per heavy atom. The smallest absolute Gasteiger partial charge is 0.0198 e. The fraction of sp³-hybridized carbons (Fsp3) is 0.467. The van der Waals surface area contributed by atoms with Crippen molar-refractivity contribution in [2.24, 2.45) is 11.8 Å². The van der Waals surface area contributed by atoms with Crippen LogP contribution < -0.4 is 0 Å². The van der Waals surface area contributed by atoms with Crippen LogP contribution in [0.1, 0.15) is 33.6 Å². The Morgan fingerprint density at radius 3 is 1.87 bits per heavy atom. The van der Waals surface area contributed by atoms with Gasteiger partial charge < -0.3 is 0 Å². The highest BCUT2D eigenvalue weighted by atomic mass is 14.1. The summed E-state index contributed by atoms with van der Waals surface area (Å²) in [6.07, 6.45) is 17.8. The van der Waals surface area contributed by atoms with Crippen LogP contribution in [-0.2, 0) is 0 Å². The molecular weight excluding hydrogens is 180 g/mol. The van der Waals surface area contributed by atoms with Crippen LogP contribution in [0.3, 0.4) is 0 Å². The molecule has 0 heterocycles. The molecular formula is C15H22. The molecule has 2 aliphatic rings. The molecule has 2 atom stereocenters. The Hall–Kier alpha value is -1.04.